The lowest BCUT2D eigenvalue weighted by atomic mass is 9.88. The van der Waals surface area contributed by atoms with Gasteiger partial charge in [0.15, 0.2) is 5.78 Å². The van der Waals surface area contributed by atoms with Gasteiger partial charge in [0.1, 0.15) is 12.4 Å². The summed E-state index contributed by atoms with van der Waals surface area (Å²) in [5.74, 6) is -6.65. The molecule has 51 heavy (non-hydrogen) atoms. The topological polar surface area (TPSA) is 101 Å². The van der Waals surface area contributed by atoms with E-state index >= 15 is 0 Å². The summed E-state index contributed by atoms with van der Waals surface area (Å²) >= 11 is 0. The van der Waals surface area contributed by atoms with Crippen LogP contribution in [0.15, 0.2) is 79.0 Å². The minimum atomic E-state index is -4.48. The van der Waals surface area contributed by atoms with E-state index in [0.29, 0.717) is 5.56 Å². The second kappa shape index (κ2) is 16.9. The highest BCUT2D eigenvalue weighted by Gasteiger charge is 2.46. The quantitative estimate of drug-likeness (QED) is 0.176. The number of nitrogens with two attached hydrogens (primary N) is 1. The maximum Gasteiger partial charge on any atom is 0.417 e. The molecule has 3 aromatic rings. The largest absolute Gasteiger partial charge is 0.445 e. The van der Waals surface area contributed by atoms with E-state index in [1.54, 1.807) is 56.3 Å². The van der Waals surface area contributed by atoms with Crippen LogP contribution in [0.2, 0.25) is 0 Å². The monoisotopic (exact) mass is 725 g/mol. The molecule has 2 aliphatic rings. The lowest BCUT2D eigenvalue weighted by Gasteiger charge is -2.43. The molecule has 0 unspecified atom stereocenters. The molecular weight excluding hydrogens is 683 g/mol. The van der Waals surface area contributed by atoms with Gasteiger partial charge >= 0.3 is 12.3 Å². The van der Waals surface area contributed by atoms with Crippen molar-refractivity contribution >= 4 is 17.7 Å². The number of rotatable bonds is 9. The Balaban J connectivity index is 0.000000244. The molecule has 1 amide bonds. The molecule has 15 heteroatoms. The summed E-state index contributed by atoms with van der Waals surface area (Å²) < 4.78 is 98.7. The summed E-state index contributed by atoms with van der Waals surface area (Å²) in [5, 5.41) is 2.92. The fourth-order valence-electron chi connectivity index (χ4n) is 6.43. The van der Waals surface area contributed by atoms with Crippen LogP contribution in [0.4, 0.5) is 41.3 Å². The number of pyridine rings is 1. The molecule has 5 rings (SSSR count). The zero-order chi connectivity index (χ0) is 37.4. The van der Waals surface area contributed by atoms with Gasteiger partial charge in [0.05, 0.1) is 31.2 Å². The third-order valence-electron chi connectivity index (χ3n) is 8.97. The van der Waals surface area contributed by atoms with Crippen molar-refractivity contribution in [2.75, 3.05) is 38.0 Å². The molecule has 0 bridgehead atoms. The van der Waals surface area contributed by atoms with Crippen molar-refractivity contribution in [1.29, 1.82) is 0 Å². The van der Waals surface area contributed by atoms with E-state index in [0.717, 1.165) is 22.7 Å². The average molecular weight is 726 g/mol. The molecule has 0 spiro atoms. The third kappa shape index (κ3) is 11.4. The summed E-state index contributed by atoms with van der Waals surface area (Å²) in [7, 11) is 0. The Bertz CT molecular complexity index is 1560. The molecule has 2 aromatic carbocycles. The minimum Gasteiger partial charge on any atom is -0.445 e. The number of carbonyl (C=O) groups is 2. The SMILES string of the molecule is C[C@@H]1CC(F)(F)CN(C(=O)OCc2ccccc2)[C@@H]1CN.C[C@@H]1CC(F)(F)CN(CC(=O)c2ccccc2)[C@@H]1CNc1ccc(C(F)(F)F)cn1. The molecule has 8 nitrogen and oxygen atoms in total. The molecule has 2 aliphatic heterocycles. The fourth-order valence-corrected chi connectivity index (χ4v) is 6.43. The van der Waals surface area contributed by atoms with E-state index in [4.69, 9.17) is 10.5 Å². The lowest BCUT2D eigenvalue weighted by Crippen LogP contribution is -2.57. The van der Waals surface area contributed by atoms with E-state index in [1.165, 1.54) is 11.0 Å². The van der Waals surface area contributed by atoms with Gasteiger partial charge in [-0.05, 0) is 29.5 Å². The Kier molecular flexibility index (Phi) is 13.1. The number of nitrogens with one attached hydrogen (secondary N) is 1. The lowest BCUT2D eigenvalue weighted by molar-refractivity contribution is -0.137. The zero-order valence-corrected chi connectivity index (χ0v) is 28.3. The molecule has 3 N–H and O–H groups in total. The predicted molar refractivity (Wildman–Crippen MR) is 177 cm³/mol. The summed E-state index contributed by atoms with van der Waals surface area (Å²) in [5.41, 5.74) is 6.01. The molecule has 0 saturated carbocycles. The van der Waals surface area contributed by atoms with Gasteiger partial charge in [-0.15, -0.1) is 0 Å². The van der Waals surface area contributed by atoms with Gasteiger partial charge in [0.25, 0.3) is 11.8 Å². The van der Waals surface area contributed by atoms with Crippen molar-refractivity contribution in [2.45, 2.75) is 63.4 Å². The number of aromatic nitrogens is 1. The minimum absolute atomic E-state index is 0.0629. The van der Waals surface area contributed by atoms with Gasteiger partial charge < -0.3 is 15.8 Å². The first-order valence-corrected chi connectivity index (χ1v) is 16.5. The van der Waals surface area contributed by atoms with E-state index < -0.39 is 60.8 Å². The number of halogens is 7. The van der Waals surface area contributed by atoms with Gasteiger partial charge in [0, 0.05) is 43.7 Å². The van der Waals surface area contributed by atoms with Crippen LogP contribution >= 0.6 is 0 Å². The Morgan fingerprint density at radius 1 is 0.882 bits per heavy atom. The van der Waals surface area contributed by atoms with Crippen molar-refractivity contribution in [2.24, 2.45) is 17.6 Å². The number of benzene rings is 2. The average Bonchev–Trinajstić information content (AvgIpc) is 3.06. The van der Waals surface area contributed by atoms with Crippen LogP contribution in [0.1, 0.15) is 48.2 Å². The molecule has 2 saturated heterocycles. The predicted octanol–water partition coefficient (Wildman–Crippen LogP) is 7.37. The first-order chi connectivity index (χ1) is 24.0. The number of Topliss-reactive ketones (excluding diaryl/α,β-unsaturated/α-hetero) is 1. The van der Waals surface area contributed by atoms with Gasteiger partial charge in [0.2, 0.25) is 0 Å². The Morgan fingerprint density at radius 3 is 2.04 bits per heavy atom. The molecule has 1 aromatic heterocycles. The highest BCUT2D eigenvalue weighted by molar-refractivity contribution is 5.97. The van der Waals surface area contributed by atoms with Crippen LogP contribution in [0.5, 0.6) is 0 Å². The Morgan fingerprint density at radius 2 is 1.47 bits per heavy atom. The van der Waals surface area contributed by atoms with Gasteiger partial charge in [-0.25, -0.2) is 27.3 Å². The highest BCUT2D eigenvalue weighted by Crippen LogP contribution is 2.36. The molecule has 278 valence electrons. The van der Waals surface area contributed by atoms with Crippen LogP contribution < -0.4 is 11.1 Å². The summed E-state index contributed by atoms with van der Waals surface area (Å²) in [4.78, 5) is 30.9. The number of piperidine rings is 2. The van der Waals surface area contributed by atoms with Crippen LogP contribution in [-0.2, 0) is 17.5 Å². The number of anilines is 1. The molecule has 3 heterocycles. The maximum absolute atomic E-state index is 14.2. The number of ketones is 1. The van der Waals surface area contributed by atoms with E-state index in [2.05, 4.69) is 10.3 Å². The number of likely N-dealkylation sites (tertiary alicyclic amines) is 2. The molecule has 0 radical (unpaired) electrons. The van der Waals surface area contributed by atoms with Crippen molar-refractivity contribution in [3.05, 3.63) is 95.7 Å². The van der Waals surface area contributed by atoms with Gasteiger partial charge in [-0.2, -0.15) is 13.2 Å². The van der Waals surface area contributed by atoms with E-state index in [-0.39, 0.29) is 56.6 Å². The molecule has 4 atom stereocenters. The van der Waals surface area contributed by atoms with Crippen LogP contribution in [0.3, 0.4) is 0 Å². The van der Waals surface area contributed by atoms with E-state index in [1.807, 2.05) is 18.2 Å². The first kappa shape index (κ1) is 39.5. The van der Waals surface area contributed by atoms with Crippen molar-refractivity contribution in [1.82, 2.24) is 14.8 Å². The second-order valence-corrected chi connectivity index (χ2v) is 13.1. The summed E-state index contributed by atoms with van der Waals surface area (Å²) in [6, 6.07) is 18.8. The van der Waals surface area contributed by atoms with Crippen LogP contribution in [0.25, 0.3) is 0 Å². The molecular formula is C36H42F7N5O3. The number of amides is 1. The normalized spacial score (nSPS) is 23.1. The number of hydrogen-bond donors (Lipinski definition) is 2. The van der Waals surface area contributed by atoms with Crippen molar-refractivity contribution in [3.8, 4) is 0 Å². The Labute approximate surface area is 292 Å². The number of carbonyl (C=O) groups excluding carboxylic acids is 2. The number of alkyl halides is 7. The molecule has 2 fully saturated rings. The fraction of sp³-hybridized carbons (Fsp3) is 0.472. The summed E-state index contributed by atoms with van der Waals surface area (Å²) in [6.45, 7) is 2.40. The van der Waals surface area contributed by atoms with E-state index in [9.17, 15) is 40.3 Å². The first-order valence-electron chi connectivity index (χ1n) is 16.5. The van der Waals surface area contributed by atoms with Crippen LogP contribution in [-0.4, -0.2) is 83.3 Å². The smallest absolute Gasteiger partial charge is 0.417 e. The van der Waals surface area contributed by atoms with Crippen LogP contribution in [0, 0.1) is 11.8 Å². The highest BCUT2D eigenvalue weighted by atomic mass is 19.4. The molecule has 0 aliphatic carbocycles. The number of ether oxygens (including phenoxy) is 1. The standard InChI is InChI=1S/C21H22F5N3O.C15H20F2N2O2/c1-14-9-20(22,23)13-29(12-18(30)15-5-3-2-4-6-15)17(14)11-28-19-8-7-16(10-27-19)21(24,25)26;1-11-7-15(16,17)10-19(13(11)8-18)14(20)21-9-12-5-3-2-4-6-12/h2-8,10,14,17H,9,11-13H2,1H3,(H,27,28);2-6,11,13H,7-10,18H2,1H3/t14-,17-;11-,13-/m11/s1. The van der Waals surface area contributed by atoms with Crippen molar-refractivity contribution in [3.63, 3.8) is 0 Å². The summed E-state index contributed by atoms with van der Waals surface area (Å²) in [6.07, 6.45) is -5.07. The van der Waals surface area contributed by atoms with Gasteiger partial charge in [-0.3, -0.25) is 14.6 Å². The Hall–Kier alpha value is -4.24. The van der Waals surface area contributed by atoms with Gasteiger partial charge in [-0.1, -0.05) is 74.5 Å². The second-order valence-electron chi connectivity index (χ2n) is 13.1. The van der Waals surface area contributed by atoms with Crippen molar-refractivity contribution < 1.29 is 45.1 Å². The maximum atomic E-state index is 14.2. The number of hydrogen-bond acceptors (Lipinski definition) is 7. The third-order valence-corrected chi connectivity index (χ3v) is 8.97. The number of nitrogens with zero attached hydrogens (tertiary/aromatic N) is 3. The zero-order valence-electron chi connectivity index (χ0n) is 28.3.